The summed E-state index contributed by atoms with van der Waals surface area (Å²) in [6, 6.07) is 9.64. The van der Waals surface area contributed by atoms with Gasteiger partial charge in [-0.1, -0.05) is 30.3 Å². The normalized spacial score (nSPS) is 21.1. The van der Waals surface area contributed by atoms with Crippen LogP contribution in [0.5, 0.6) is 0 Å². The third kappa shape index (κ3) is 4.31. The molecule has 0 saturated carbocycles. The summed E-state index contributed by atoms with van der Waals surface area (Å²) in [5, 5.41) is 2.99. The van der Waals surface area contributed by atoms with Crippen LogP contribution < -0.4 is 5.32 Å². The number of carbonyl (C=O) groups is 1. The summed E-state index contributed by atoms with van der Waals surface area (Å²) in [6.07, 6.45) is 1.41. The van der Waals surface area contributed by atoms with Crippen molar-refractivity contribution in [2.45, 2.75) is 25.8 Å². The molecule has 1 saturated heterocycles. The van der Waals surface area contributed by atoms with Crippen molar-refractivity contribution in [3.63, 3.8) is 0 Å². The zero-order valence-corrected chi connectivity index (χ0v) is 14.7. The predicted molar refractivity (Wildman–Crippen MR) is 89.9 cm³/mol. The highest BCUT2D eigenvalue weighted by Crippen LogP contribution is 2.21. The van der Waals surface area contributed by atoms with Gasteiger partial charge in [-0.05, 0) is 25.3 Å². The van der Waals surface area contributed by atoms with Crippen molar-refractivity contribution in [3.05, 3.63) is 35.9 Å². The molecule has 0 unspecified atom stereocenters. The van der Waals surface area contributed by atoms with Crippen LogP contribution in [0.2, 0.25) is 0 Å². The lowest BCUT2D eigenvalue weighted by Crippen LogP contribution is -2.49. The maximum Gasteiger partial charge on any atom is 0.281 e. The average Bonchev–Trinajstić information content (AvgIpc) is 2.55. The predicted octanol–water partition coefficient (Wildman–Crippen LogP) is 1.38. The first-order chi connectivity index (χ1) is 10.8. The number of rotatable bonds is 5. The Balaban J connectivity index is 2.00. The Kier molecular flexibility index (Phi) is 5.78. The molecule has 0 spiro atoms. The quantitative estimate of drug-likeness (QED) is 0.881. The molecule has 128 valence electrons. The molecule has 1 aromatic carbocycles. The van der Waals surface area contributed by atoms with Gasteiger partial charge >= 0.3 is 0 Å². The largest absolute Gasteiger partial charge is 0.349 e. The van der Waals surface area contributed by atoms with Crippen LogP contribution in [0.4, 0.5) is 0 Å². The van der Waals surface area contributed by atoms with Crippen LogP contribution in [0, 0.1) is 5.92 Å². The van der Waals surface area contributed by atoms with Gasteiger partial charge < -0.3 is 5.32 Å². The fraction of sp³-hybridized carbons (Fsp3) is 0.562. The number of hydrogen-bond donors (Lipinski definition) is 1. The molecule has 23 heavy (non-hydrogen) atoms. The molecule has 0 aliphatic carbocycles. The van der Waals surface area contributed by atoms with Crippen molar-refractivity contribution in [2.75, 3.05) is 27.2 Å². The standard InChI is InChI=1S/C16H25N3O3S/c1-13(14-8-5-4-6-9-14)17-16(20)15-10-7-11-19(12-15)23(21,22)18(2)3/h4-6,8-9,13,15H,7,10-12H2,1-3H3,(H,17,20)/t13-,15-/m0/s1. The van der Waals surface area contributed by atoms with Gasteiger partial charge in [0, 0.05) is 27.2 Å². The molecule has 1 aliphatic heterocycles. The summed E-state index contributed by atoms with van der Waals surface area (Å²) in [7, 11) is -0.440. The van der Waals surface area contributed by atoms with E-state index in [1.54, 1.807) is 0 Å². The van der Waals surface area contributed by atoms with Crippen molar-refractivity contribution >= 4 is 16.1 Å². The molecule has 2 atom stereocenters. The lowest BCUT2D eigenvalue weighted by Gasteiger charge is -2.33. The fourth-order valence-electron chi connectivity index (χ4n) is 2.75. The van der Waals surface area contributed by atoms with E-state index >= 15 is 0 Å². The first-order valence-electron chi connectivity index (χ1n) is 7.85. The van der Waals surface area contributed by atoms with Crippen LogP contribution in [0.1, 0.15) is 31.4 Å². The van der Waals surface area contributed by atoms with Crippen LogP contribution in [0.15, 0.2) is 30.3 Å². The maximum absolute atomic E-state index is 12.5. The second-order valence-electron chi connectivity index (χ2n) is 6.13. The first kappa shape index (κ1) is 17.9. The number of carbonyl (C=O) groups excluding carboxylic acids is 1. The molecular weight excluding hydrogens is 314 g/mol. The highest BCUT2D eigenvalue weighted by molar-refractivity contribution is 7.86. The Morgan fingerprint density at radius 2 is 1.96 bits per heavy atom. The molecule has 0 radical (unpaired) electrons. The van der Waals surface area contributed by atoms with E-state index in [0.29, 0.717) is 19.4 Å². The lowest BCUT2D eigenvalue weighted by molar-refractivity contribution is -0.126. The van der Waals surface area contributed by atoms with E-state index in [1.807, 2.05) is 37.3 Å². The molecule has 1 amide bonds. The van der Waals surface area contributed by atoms with Crippen LogP contribution in [0.3, 0.4) is 0 Å². The van der Waals surface area contributed by atoms with Gasteiger partial charge in [0.1, 0.15) is 0 Å². The topological polar surface area (TPSA) is 69.7 Å². The summed E-state index contributed by atoms with van der Waals surface area (Å²) in [4.78, 5) is 12.5. The van der Waals surface area contributed by atoms with Crippen LogP contribution in [-0.4, -0.2) is 50.1 Å². The maximum atomic E-state index is 12.5. The molecule has 1 N–H and O–H groups in total. The molecule has 1 aliphatic rings. The van der Waals surface area contributed by atoms with Crippen LogP contribution >= 0.6 is 0 Å². The van der Waals surface area contributed by atoms with Gasteiger partial charge in [-0.3, -0.25) is 4.79 Å². The van der Waals surface area contributed by atoms with E-state index in [-0.39, 0.29) is 24.4 Å². The highest BCUT2D eigenvalue weighted by atomic mass is 32.2. The monoisotopic (exact) mass is 339 g/mol. The van der Waals surface area contributed by atoms with Gasteiger partial charge in [-0.15, -0.1) is 0 Å². The molecule has 1 heterocycles. The molecule has 0 bridgehead atoms. The van der Waals surface area contributed by atoms with Gasteiger partial charge in [0.05, 0.1) is 12.0 Å². The van der Waals surface area contributed by atoms with E-state index in [9.17, 15) is 13.2 Å². The smallest absolute Gasteiger partial charge is 0.281 e. The first-order valence-corrected chi connectivity index (χ1v) is 9.25. The minimum Gasteiger partial charge on any atom is -0.349 e. The Morgan fingerprint density at radius 1 is 1.30 bits per heavy atom. The van der Waals surface area contributed by atoms with Gasteiger partial charge in [0.25, 0.3) is 10.2 Å². The lowest BCUT2D eigenvalue weighted by atomic mass is 9.98. The Labute approximate surface area is 138 Å². The van der Waals surface area contributed by atoms with Crippen LogP contribution in [0.25, 0.3) is 0 Å². The minimum absolute atomic E-state index is 0.0833. The average molecular weight is 339 g/mol. The number of hydrogen-bond acceptors (Lipinski definition) is 3. The van der Waals surface area contributed by atoms with E-state index in [2.05, 4.69) is 5.32 Å². The van der Waals surface area contributed by atoms with Crippen molar-refractivity contribution in [3.8, 4) is 0 Å². The summed E-state index contributed by atoms with van der Waals surface area (Å²) >= 11 is 0. The molecule has 0 aromatic heterocycles. The van der Waals surface area contributed by atoms with Gasteiger partial charge in [0.2, 0.25) is 5.91 Å². The highest BCUT2D eigenvalue weighted by Gasteiger charge is 2.33. The van der Waals surface area contributed by atoms with Crippen LogP contribution in [-0.2, 0) is 15.0 Å². The molecule has 1 fully saturated rings. The third-order valence-corrected chi connectivity index (χ3v) is 6.11. The number of amides is 1. The second-order valence-corrected chi connectivity index (χ2v) is 8.27. The molecule has 6 nitrogen and oxygen atoms in total. The molecule has 7 heteroatoms. The summed E-state index contributed by atoms with van der Waals surface area (Å²) in [5.41, 5.74) is 1.04. The third-order valence-electron chi connectivity index (χ3n) is 4.20. The zero-order valence-electron chi connectivity index (χ0n) is 13.9. The zero-order chi connectivity index (χ0) is 17.0. The van der Waals surface area contributed by atoms with Gasteiger partial charge in [-0.2, -0.15) is 17.0 Å². The summed E-state index contributed by atoms with van der Waals surface area (Å²) in [5.74, 6) is -0.385. The molecule has 2 rings (SSSR count). The molecule has 1 aromatic rings. The van der Waals surface area contributed by atoms with E-state index in [4.69, 9.17) is 0 Å². The Hall–Kier alpha value is -1.44. The van der Waals surface area contributed by atoms with Crippen molar-refractivity contribution in [2.24, 2.45) is 5.92 Å². The number of benzene rings is 1. The van der Waals surface area contributed by atoms with Crippen molar-refractivity contribution < 1.29 is 13.2 Å². The van der Waals surface area contributed by atoms with E-state index in [1.165, 1.54) is 22.7 Å². The van der Waals surface area contributed by atoms with Gasteiger partial charge in [-0.25, -0.2) is 0 Å². The second kappa shape index (κ2) is 7.42. The number of nitrogens with one attached hydrogen (secondary N) is 1. The van der Waals surface area contributed by atoms with E-state index in [0.717, 1.165) is 5.56 Å². The van der Waals surface area contributed by atoms with E-state index < -0.39 is 10.2 Å². The molecular formula is C16H25N3O3S. The van der Waals surface area contributed by atoms with Gasteiger partial charge in [0.15, 0.2) is 0 Å². The summed E-state index contributed by atoms with van der Waals surface area (Å²) < 4.78 is 27.0. The summed E-state index contributed by atoms with van der Waals surface area (Å²) in [6.45, 7) is 2.65. The minimum atomic E-state index is -3.46. The van der Waals surface area contributed by atoms with Crippen molar-refractivity contribution in [1.82, 2.24) is 13.9 Å². The Bertz CT molecular complexity index is 631. The number of piperidine rings is 1. The van der Waals surface area contributed by atoms with Crippen molar-refractivity contribution in [1.29, 1.82) is 0 Å². The fourth-order valence-corrected chi connectivity index (χ4v) is 3.94. The Morgan fingerprint density at radius 3 is 2.57 bits per heavy atom. The SMILES string of the molecule is C[C@H](NC(=O)[C@H]1CCCN(S(=O)(=O)N(C)C)C1)c1ccccc1. The number of nitrogens with zero attached hydrogens (tertiary/aromatic N) is 2.